The van der Waals surface area contributed by atoms with Crippen molar-refractivity contribution >= 4 is 26.8 Å². The lowest BCUT2D eigenvalue weighted by Gasteiger charge is -2.14. The van der Waals surface area contributed by atoms with E-state index in [0.29, 0.717) is 41.0 Å². The van der Waals surface area contributed by atoms with Gasteiger partial charge in [-0.15, -0.1) is 0 Å². The molecule has 2 aromatic heterocycles. The second kappa shape index (κ2) is 8.99. The molecule has 34 heavy (non-hydrogen) atoms. The Labute approximate surface area is 198 Å². The molecule has 2 aliphatic rings. The zero-order valence-electron chi connectivity index (χ0n) is 19.3. The Morgan fingerprint density at radius 2 is 2.06 bits per heavy atom. The summed E-state index contributed by atoms with van der Waals surface area (Å²) < 4.78 is 36.9. The fourth-order valence-electron chi connectivity index (χ4n) is 4.73. The maximum atomic E-state index is 13.3. The number of ether oxygens (including phenoxy) is 2. The lowest BCUT2D eigenvalue weighted by atomic mass is 10.0. The van der Waals surface area contributed by atoms with E-state index in [1.807, 2.05) is 31.2 Å². The largest absolute Gasteiger partial charge is 0.497 e. The van der Waals surface area contributed by atoms with Crippen LogP contribution in [-0.2, 0) is 14.6 Å². The number of fused-ring (bicyclic) bond motifs is 1. The molecule has 0 radical (unpaired) electrons. The molecule has 1 aromatic carbocycles. The Bertz CT molecular complexity index is 1330. The van der Waals surface area contributed by atoms with Gasteiger partial charge in [-0.3, -0.25) is 4.79 Å². The van der Waals surface area contributed by atoms with Gasteiger partial charge in [0.15, 0.2) is 15.5 Å². The molecule has 180 valence electrons. The number of aryl methyl sites for hydroxylation is 1. The molecule has 2 unspecified atom stereocenters. The van der Waals surface area contributed by atoms with Gasteiger partial charge in [0.05, 0.1) is 53.1 Å². The van der Waals surface area contributed by atoms with Crippen LogP contribution in [0.5, 0.6) is 5.75 Å². The first kappa shape index (κ1) is 22.8. The van der Waals surface area contributed by atoms with Gasteiger partial charge in [-0.05, 0) is 56.5 Å². The van der Waals surface area contributed by atoms with E-state index in [1.54, 1.807) is 17.9 Å². The summed E-state index contributed by atoms with van der Waals surface area (Å²) in [6.07, 6.45) is 2.43. The minimum absolute atomic E-state index is 0.0230. The zero-order chi connectivity index (χ0) is 23.9. The SMILES string of the molecule is COc1ccc(-c2cc(C(=O)NCC3CCCO3)c3c(C)nn(C4CCS(=O)(=O)C4)c3n2)cc1. The van der Waals surface area contributed by atoms with Crippen molar-refractivity contribution in [3.8, 4) is 17.0 Å². The molecule has 0 bridgehead atoms. The van der Waals surface area contributed by atoms with Crippen LogP contribution in [0.2, 0.25) is 0 Å². The highest BCUT2D eigenvalue weighted by Gasteiger charge is 2.32. The maximum absolute atomic E-state index is 13.3. The van der Waals surface area contributed by atoms with Crippen LogP contribution in [0, 0.1) is 6.92 Å². The molecule has 2 aliphatic heterocycles. The molecule has 1 amide bonds. The number of carbonyl (C=O) groups is 1. The number of pyridine rings is 1. The van der Waals surface area contributed by atoms with E-state index in [2.05, 4.69) is 10.4 Å². The number of methoxy groups -OCH3 is 1. The average molecular weight is 485 g/mol. The van der Waals surface area contributed by atoms with Gasteiger partial charge in [-0.25, -0.2) is 18.1 Å². The number of nitrogens with zero attached hydrogens (tertiary/aromatic N) is 3. The number of hydrogen-bond acceptors (Lipinski definition) is 7. The van der Waals surface area contributed by atoms with E-state index < -0.39 is 9.84 Å². The van der Waals surface area contributed by atoms with Gasteiger partial charge >= 0.3 is 0 Å². The summed E-state index contributed by atoms with van der Waals surface area (Å²) >= 11 is 0. The molecule has 2 saturated heterocycles. The van der Waals surface area contributed by atoms with Gasteiger partial charge in [-0.1, -0.05) is 0 Å². The van der Waals surface area contributed by atoms with E-state index in [4.69, 9.17) is 14.5 Å². The molecule has 1 N–H and O–H groups in total. The molecule has 2 fully saturated rings. The fourth-order valence-corrected chi connectivity index (χ4v) is 6.42. The van der Waals surface area contributed by atoms with Crippen LogP contribution in [0.25, 0.3) is 22.3 Å². The first-order valence-corrected chi connectivity index (χ1v) is 13.3. The Morgan fingerprint density at radius 1 is 1.26 bits per heavy atom. The topological polar surface area (TPSA) is 112 Å². The lowest BCUT2D eigenvalue weighted by Crippen LogP contribution is -2.32. The number of sulfone groups is 1. The predicted molar refractivity (Wildman–Crippen MR) is 128 cm³/mol. The summed E-state index contributed by atoms with van der Waals surface area (Å²) in [6.45, 7) is 2.99. The number of benzene rings is 1. The zero-order valence-corrected chi connectivity index (χ0v) is 20.1. The highest BCUT2D eigenvalue weighted by molar-refractivity contribution is 7.91. The third-order valence-electron chi connectivity index (χ3n) is 6.54. The van der Waals surface area contributed by atoms with Gasteiger partial charge in [0.2, 0.25) is 0 Å². The van der Waals surface area contributed by atoms with Crippen molar-refractivity contribution in [2.75, 3.05) is 31.8 Å². The molecule has 0 spiro atoms. The molecule has 0 aliphatic carbocycles. The molecular weight excluding hydrogens is 456 g/mol. The first-order chi connectivity index (χ1) is 16.3. The molecule has 9 nitrogen and oxygen atoms in total. The minimum atomic E-state index is -3.11. The second-order valence-corrected chi connectivity index (χ2v) is 11.1. The number of amides is 1. The molecule has 5 rings (SSSR count). The van der Waals surface area contributed by atoms with Gasteiger partial charge in [0.25, 0.3) is 5.91 Å². The van der Waals surface area contributed by atoms with E-state index >= 15 is 0 Å². The normalized spacial score (nSPS) is 21.7. The maximum Gasteiger partial charge on any atom is 0.252 e. The summed E-state index contributed by atoms with van der Waals surface area (Å²) in [6, 6.07) is 8.92. The summed E-state index contributed by atoms with van der Waals surface area (Å²) in [5.41, 5.74) is 3.07. The van der Waals surface area contributed by atoms with E-state index in [9.17, 15) is 13.2 Å². The molecule has 2 atom stereocenters. The minimum Gasteiger partial charge on any atom is -0.497 e. The number of nitrogens with one attached hydrogen (secondary N) is 1. The van der Waals surface area contributed by atoms with Crippen molar-refractivity contribution in [3.63, 3.8) is 0 Å². The highest BCUT2D eigenvalue weighted by atomic mass is 32.2. The van der Waals surface area contributed by atoms with Gasteiger partial charge in [0, 0.05) is 18.7 Å². The van der Waals surface area contributed by atoms with Gasteiger partial charge < -0.3 is 14.8 Å². The Hall–Kier alpha value is -2.98. The third-order valence-corrected chi connectivity index (χ3v) is 8.29. The Morgan fingerprint density at radius 3 is 2.71 bits per heavy atom. The van der Waals surface area contributed by atoms with Crippen molar-refractivity contribution in [2.24, 2.45) is 0 Å². The summed E-state index contributed by atoms with van der Waals surface area (Å²) in [5.74, 6) is 0.652. The van der Waals surface area contributed by atoms with Crippen LogP contribution in [0.3, 0.4) is 0 Å². The van der Waals surface area contributed by atoms with Crippen molar-refractivity contribution in [1.29, 1.82) is 0 Å². The standard InChI is InChI=1S/C24H28N4O5S/c1-15-22-20(24(29)25-13-19-4-3-10-33-19)12-21(16-5-7-18(32-2)8-6-16)26-23(22)28(27-15)17-9-11-34(30,31)14-17/h5-8,12,17,19H,3-4,9-11,13-14H2,1-2H3,(H,25,29). The van der Waals surface area contributed by atoms with Crippen LogP contribution >= 0.6 is 0 Å². The van der Waals surface area contributed by atoms with Crippen LogP contribution in [-0.4, -0.2) is 67.0 Å². The van der Waals surface area contributed by atoms with Crippen LogP contribution in [0.1, 0.15) is 41.4 Å². The number of hydrogen-bond donors (Lipinski definition) is 1. The number of aromatic nitrogens is 3. The Balaban J connectivity index is 1.60. The van der Waals surface area contributed by atoms with Crippen LogP contribution < -0.4 is 10.1 Å². The third kappa shape index (κ3) is 4.39. The van der Waals surface area contributed by atoms with Crippen molar-refractivity contribution in [2.45, 2.75) is 38.3 Å². The van der Waals surface area contributed by atoms with Crippen molar-refractivity contribution in [3.05, 3.63) is 41.6 Å². The second-order valence-electron chi connectivity index (χ2n) is 8.91. The quantitative estimate of drug-likeness (QED) is 0.572. The van der Waals surface area contributed by atoms with Crippen molar-refractivity contribution < 1.29 is 22.7 Å². The number of carbonyl (C=O) groups excluding carboxylic acids is 1. The highest BCUT2D eigenvalue weighted by Crippen LogP contribution is 2.32. The van der Waals surface area contributed by atoms with E-state index in [-0.39, 0.29) is 29.6 Å². The molecule has 0 saturated carbocycles. The summed E-state index contributed by atoms with van der Waals surface area (Å²) in [7, 11) is -1.51. The fraction of sp³-hybridized carbons (Fsp3) is 0.458. The van der Waals surface area contributed by atoms with E-state index in [0.717, 1.165) is 30.8 Å². The predicted octanol–water partition coefficient (Wildman–Crippen LogP) is 2.68. The summed E-state index contributed by atoms with van der Waals surface area (Å²) in [4.78, 5) is 18.2. The monoisotopic (exact) mass is 484 g/mol. The van der Waals surface area contributed by atoms with Gasteiger partial charge in [-0.2, -0.15) is 5.10 Å². The summed E-state index contributed by atoms with van der Waals surface area (Å²) in [5, 5.41) is 8.29. The molecule has 4 heterocycles. The lowest BCUT2D eigenvalue weighted by molar-refractivity contribution is 0.0859. The molecular formula is C24H28N4O5S. The van der Waals surface area contributed by atoms with E-state index in [1.165, 1.54) is 0 Å². The molecule has 10 heteroatoms. The van der Waals surface area contributed by atoms with Gasteiger partial charge in [0.1, 0.15) is 5.75 Å². The average Bonchev–Trinajstić information content (AvgIpc) is 3.56. The number of rotatable bonds is 6. The molecule has 3 aromatic rings. The first-order valence-electron chi connectivity index (χ1n) is 11.5. The van der Waals surface area contributed by atoms with Crippen molar-refractivity contribution in [1.82, 2.24) is 20.1 Å². The smallest absolute Gasteiger partial charge is 0.252 e. The van der Waals surface area contributed by atoms with Crippen LogP contribution in [0.15, 0.2) is 30.3 Å². The van der Waals surface area contributed by atoms with Crippen LogP contribution in [0.4, 0.5) is 0 Å². The Kier molecular flexibility index (Phi) is 6.03.